The fourth-order valence-electron chi connectivity index (χ4n) is 2.66. The standard InChI is InChI=1S/C15H24N2O/c1-3-13(16)12-6-4-5-7-14(12)17-9-8-15(18)11(2)10-17/h4-7,11,13,15,18H,3,8-10,16H2,1-2H3/t11?,13-,15?/m0/s1. The summed E-state index contributed by atoms with van der Waals surface area (Å²) in [6.07, 6.45) is 1.63. The van der Waals surface area contributed by atoms with Crippen molar-refractivity contribution in [2.75, 3.05) is 18.0 Å². The fourth-order valence-corrected chi connectivity index (χ4v) is 2.66. The van der Waals surface area contributed by atoms with Crippen LogP contribution in [0.3, 0.4) is 0 Å². The van der Waals surface area contributed by atoms with E-state index in [0.29, 0.717) is 5.92 Å². The zero-order valence-corrected chi connectivity index (χ0v) is 11.3. The lowest BCUT2D eigenvalue weighted by Gasteiger charge is -2.37. The molecule has 3 atom stereocenters. The average Bonchev–Trinajstić information content (AvgIpc) is 2.41. The number of para-hydroxylation sites is 1. The molecule has 1 aromatic carbocycles. The van der Waals surface area contributed by atoms with Crippen LogP contribution >= 0.6 is 0 Å². The van der Waals surface area contributed by atoms with E-state index >= 15 is 0 Å². The number of anilines is 1. The summed E-state index contributed by atoms with van der Waals surface area (Å²) in [5.74, 6) is 0.324. The van der Waals surface area contributed by atoms with Crippen LogP contribution in [0.2, 0.25) is 0 Å². The molecule has 3 heteroatoms. The molecule has 3 nitrogen and oxygen atoms in total. The van der Waals surface area contributed by atoms with Crippen molar-refractivity contribution >= 4 is 5.69 Å². The van der Waals surface area contributed by atoms with Gasteiger partial charge < -0.3 is 15.7 Å². The molecular formula is C15H24N2O. The lowest BCUT2D eigenvalue weighted by Crippen LogP contribution is -2.42. The molecular weight excluding hydrogens is 224 g/mol. The van der Waals surface area contributed by atoms with E-state index in [1.165, 1.54) is 11.3 Å². The minimum absolute atomic E-state index is 0.100. The Bertz CT molecular complexity index is 394. The summed E-state index contributed by atoms with van der Waals surface area (Å²) in [6.45, 7) is 6.05. The lowest BCUT2D eigenvalue weighted by molar-refractivity contribution is 0.0970. The van der Waals surface area contributed by atoms with Gasteiger partial charge in [0.05, 0.1) is 6.10 Å². The first-order valence-electron chi connectivity index (χ1n) is 6.91. The molecule has 1 aliphatic rings. The van der Waals surface area contributed by atoms with Crippen LogP contribution in [0.5, 0.6) is 0 Å². The van der Waals surface area contributed by atoms with Crippen LogP contribution in [-0.4, -0.2) is 24.3 Å². The van der Waals surface area contributed by atoms with Gasteiger partial charge in [-0.3, -0.25) is 0 Å². The van der Waals surface area contributed by atoms with E-state index in [1.807, 2.05) is 0 Å². The third-order valence-electron chi connectivity index (χ3n) is 3.98. The Morgan fingerprint density at radius 1 is 1.44 bits per heavy atom. The van der Waals surface area contributed by atoms with Crippen LogP contribution in [0.15, 0.2) is 24.3 Å². The molecule has 0 radical (unpaired) electrons. The molecule has 0 spiro atoms. The maximum absolute atomic E-state index is 9.82. The number of rotatable bonds is 3. The number of aliphatic hydroxyl groups excluding tert-OH is 1. The first kappa shape index (κ1) is 13.4. The van der Waals surface area contributed by atoms with E-state index in [2.05, 4.69) is 43.0 Å². The molecule has 1 fully saturated rings. The predicted molar refractivity (Wildman–Crippen MR) is 75.7 cm³/mol. The second kappa shape index (κ2) is 5.72. The molecule has 0 aliphatic carbocycles. The maximum atomic E-state index is 9.82. The molecule has 100 valence electrons. The number of hydrogen-bond donors (Lipinski definition) is 2. The highest BCUT2D eigenvalue weighted by atomic mass is 16.3. The van der Waals surface area contributed by atoms with Crippen LogP contribution in [-0.2, 0) is 0 Å². The monoisotopic (exact) mass is 248 g/mol. The highest BCUT2D eigenvalue weighted by Gasteiger charge is 2.25. The topological polar surface area (TPSA) is 49.5 Å². The number of benzene rings is 1. The lowest BCUT2D eigenvalue weighted by atomic mass is 9.94. The Hall–Kier alpha value is -1.06. The van der Waals surface area contributed by atoms with Crippen molar-refractivity contribution in [3.05, 3.63) is 29.8 Å². The normalized spacial score (nSPS) is 26.1. The zero-order valence-electron chi connectivity index (χ0n) is 11.3. The molecule has 1 saturated heterocycles. The largest absolute Gasteiger partial charge is 0.393 e. The van der Waals surface area contributed by atoms with E-state index < -0.39 is 0 Å². The minimum Gasteiger partial charge on any atom is -0.393 e. The summed E-state index contributed by atoms with van der Waals surface area (Å²) >= 11 is 0. The van der Waals surface area contributed by atoms with Crippen molar-refractivity contribution in [2.24, 2.45) is 11.7 Å². The summed E-state index contributed by atoms with van der Waals surface area (Å²) in [5.41, 5.74) is 8.65. The number of aliphatic hydroxyl groups is 1. The molecule has 3 N–H and O–H groups in total. The summed E-state index contributed by atoms with van der Waals surface area (Å²) in [7, 11) is 0. The molecule has 0 amide bonds. The fraction of sp³-hybridized carbons (Fsp3) is 0.600. The van der Waals surface area contributed by atoms with Gasteiger partial charge in [-0.2, -0.15) is 0 Å². The molecule has 1 aromatic rings. The molecule has 1 aliphatic heterocycles. The number of nitrogens with zero attached hydrogens (tertiary/aromatic N) is 1. The van der Waals surface area contributed by atoms with Crippen molar-refractivity contribution < 1.29 is 5.11 Å². The number of hydrogen-bond acceptors (Lipinski definition) is 3. The first-order valence-corrected chi connectivity index (χ1v) is 6.91. The van der Waals surface area contributed by atoms with E-state index in [4.69, 9.17) is 5.73 Å². The van der Waals surface area contributed by atoms with Crippen molar-refractivity contribution in [3.8, 4) is 0 Å². The Labute approximate surface area is 110 Å². The maximum Gasteiger partial charge on any atom is 0.0599 e. The molecule has 1 heterocycles. The van der Waals surface area contributed by atoms with E-state index in [0.717, 1.165) is 25.9 Å². The van der Waals surface area contributed by atoms with Gasteiger partial charge in [0, 0.05) is 24.8 Å². The molecule has 2 unspecified atom stereocenters. The van der Waals surface area contributed by atoms with Gasteiger partial charge in [0.15, 0.2) is 0 Å². The Kier molecular flexibility index (Phi) is 4.25. The van der Waals surface area contributed by atoms with Gasteiger partial charge in [0.2, 0.25) is 0 Å². The van der Waals surface area contributed by atoms with Crippen LogP contribution < -0.4 is 10.6 Å². The van der Waals surface area contributed by atoms with Gasteiger partial charge in [-0.1, -0.05) is 32.0 Å². The van der Waals surface area contributed by atoms with Gasteiger partial charge in [0.25, 0.3) is 0 Å². The minimum atomic E-state index is -0.159. The molecule has 0 bridgehead atoms. The Balaban J connectivity index is 2.22. The van der Waals surface area contributed by atoms with Gasteiger partial charge in [0.1, 0.15) is 0 Å². The number of nitrogens with two attached hydrogens (primary N) is 1. The van der Waals surface area contributed by atoms with Gasteiger partial charge in [-0.05, 0) is 30.4 Å². The number of piperidine rings is 1. The van der Waals surface area contributed by atoms with Crippen LogP contribution in [0.1, 0.15) is 38.3 Å². The average molecular weight is 248 g/mol. The summed E-state index contributed by atoms with van der Waals surface area (Å²) in [5, 5.41) is 9.82. The van der Waals surface area contributed by atoms with E-state index in [-0.39, 0.29) is 12.1 Å². The van der Waals surface area contributed by atoms with Crippen molar-refractivity contribution in [1.82, 2.24) is 0 Å². The third kappa shape index (κ3) is 2.68. The van der Waals surface area contributed by atoms with Crippen molar-refractivity contribution in [2.45, 2.75) is 38.8 Å². The molecule has 18 heavy (non-hydrogen) atoms. The van der Waals surface area contributed by atoms with Crippen LogP contribution in [0.4, 0.5) is 5.69 Å². The molecule has 2 rings (SSSR count). The smallest absolute Gasteiger partial charge is 0.0599 e. The third-order valence-corrected chi connectivity index (χ3v) is 3.98. The van der Waals surface area contributed by atoms with Crippen LogP contribution in [0.25, 0.3) is 0 Å². The second-order valence-corrected chi connectivity index (χ2v) is 5.35. The van der Waals surface area contributed by atoms with E-state index in [9.17, 15) is 5.11 Å². The van der Waals surface area contributed by atoms with Crippen molar-refractivity contribution in [1.29, 1.82) is 0 Å². The predicted octanol–water partition coefficient (Wildman–Crippen LogP) is 2.30. The SMILES string of the molecule is CC[C@H](N)c1ccccc1N1CCC(O)C(C)C1. The first-order chi connectivity index (χ1) is 8.63. The second-order valence-electron chi connectivity index (χ2n) is 5.35. The van der Waals surface area contributed by atoms with Gasteiger partial charge in [-0.15, -0.1) is 0 Å². The molecule has 0 aromatic heterocycles. The van der Waals surface area contributed by atoms with Gasteiger partial charge in [-0.25, -0.2) is 0 Å². The summed E-state index contributed by atoms with van der Waals surface area (Å²) in [4.78, 5) is 2.36. The highest BCUT2D eigenvalue weighted by Crippen LogP contribution is 2.30. The Morgan fingerprint density at radius 2 is 2.17 bits per heavy atom. The summed E-state index contributed by atoms with van der Waals surface area (Å²) in [6, 6.07) is 8.49. The Morgan fingerprint density at radius 3 is 2.83 bits per heavy atom. The zero-order chi connectivity index (χ0) is 13.1. The van der Waals surface area contributed by atoms with Crippen molar-refractivity contribution in [3.63, 3.8) is 0 Å². The van der Waals surface area contributed by atoms with E-state index in [1.54, 1.807) is 0 Å². The highest BCUT2D eigenvalue weighted by molar-refractivity contribution is 5.55. The molecule has 0 saturated carbocycles. The van der Waals surface area contributed by atoms with Crippen LogP contribution in [0, 0.1) is 5.92 Å². The van der Waals surface area contributed by atoms with Gasteiger partial charge >= 0.3 is 0 Å². The summed E-state index contributed by atoms with van der Waals surface area (Å²) < 4.78 is 0. The quantitative estimate of drug-likeness (QED) is 0.863.